The molecule has 0 spiro atoms. The van der Waals surface area contributed by atoms with E-state index in [-0.39, 0.29) is 0 Å². The molecule has 2 N–H and O–H groups in total. The van der Waals surface area contributed by atoms with Gasteiger partial charge in [-0.15, -0.1) is 0 Å². The molecule has 0 radical (unpaired) electrons. The topological polar surface area (TPSA) is 42.1 Å². The van der Waals surface area contributed by atoms with Gasteiger partial charge in [0.1, 0.15) is 11.0 Å². The van der Waals surface area contributed by atoms with Crippen LogP contribution in [0.1, 0.15) is 18.4 Å². The Hall–Kier alpha value is -1.26. The van der Waals surface area contributed by atoms with Crippen LogP contribution in [0.15, 0.2) is 29.0 Å². The third kappa shape index (κ3) is 2.60. The summed E-state index contributed by atoms with van der Waals surface area (Å²) in [4.78, 5) is 6.69. The van der Waals surface area contributed by atoms with Crippen molar-refractivity contribution in [2.75, 3.05) is 10.6 Å². The van der Waals surface area contributed by atoms with E-state index in [4.69, 9.17) is 17.3 Å². The van der Waals surface area contributed by atoms with Gasteiger partial charge in [-0.25, -0.2) is 4.98 Å². The lowest BCUT2D eigenvalue weighted by molar-refractivity contribution is 0.780. The summed E-state index contributed by atoms with van der Waals surface area (Å²) < 4.78 is 0. The van der Waals surface area contributed by atoms with Crippen LogP contribution in [-0.2, 0) is 6.54 Å². The molecule has 18 heavy (non-hydrogen) atoms. The molecule has 0 unspecified atom stereocenters. The van der Waals surface area contributed by atoms with Gasteiger partial charge < -0.3 is 10.6 Å². The molecule has 94 valence electrons. The van der Waals surface area contributed by atoms with Crippen molar-refractivity contribution in [3.8, 4) is 0 Å². The first kappa shape index (κ1) is 11.8. The predicted octanol–water partition coefficient (Wildman–Crippen LogP) is 3.55. The summed E-state index contributed by atoms with van der Waals surface area (Å²) in [5.41, 5.74) is 7.82. The maximum atomic E-state index is 5.99. The quantitative estimate of drug-likeness (QED) is 0.871. The van der Waals surface area contributed by atoms with Gasteiger partial charge in [-0.3, -0.25) is 0 Å². The Morgan fingerprint density at radius 3 is 2.89 bits per heavy atom. The SMILES string of the molecule is Nc1cc(Cl)nc(N(Cc2ccsc2)C2CC2)c1. The molecule has 0 saturated heterocycles. The second-order valence-electron chi connectivity index (χ2n) is 4.57. The van der Waals surface area contributed by atoms with Crippen molar-refractivity contribution in [1.29, 1.82) is 0 Å². The maximum Gasteiger partial charge on any atom is 0.133 e. The molecule has 3 rings (SSSR count). The Morgan fingerprint density at radius 1 is 1.44 bits per heavy atom. The number of halogens is 1. The number of hydrogen-bond donors (Lipinski definition) is 1. The first-order chi connectivity index (χ1) is 8.72. The average Bonchev–Trinajstić information content (AvgIpc) is 3.02. The molecule has 3 nitrogen and oxygen atoms in total. The van der Waals surface area contributed by atoms with Crippen molar-refractivity contribution in [3.05, 3.63) is 39.7 Å². The van der Waals surface area contributed by atoms with Gasteiger partial charge in [-0.1, -0.05) is 11.6 Å². The number of rotatable bonds is 4. The van der Waals surface area contributed by atoms with E-state index in [0.717, 1.165) is 12.4 Å². The fraction of sp³-hybridized carbons (Fsp3) is 0.308. The number of nitrogen functional groups attached to an aromatic ring is 1. The molecule has 2 aromatic rings. The summed E-state index contributed by atoms with van der Waals surface area (Å²) in [7, 11) is 0. The number of nitrogens with two attached hydrogens (primary N) is 1. The largest absolute Gasteiger partial charge is 0.399 e. The lowest BCUT2D eigenvalue weighted by Gasteiger charge is -2.23. The second-order valence-corrected chi connectivity index (χ2v) is 5.74. The summed E-state index contributed by atoms with van der Waals surface area (Å²) in [6.45, 7) is 0.876. The van der Waals surface area contributed by atoms with E-state index in [1.54, 1.807) is 17.4 Å². The van der Waals surface area contributed by atoms with Gasteiger partial charge in [0.05, 0.1) is 0 Å². The number of hydrogen-bond acceptors (Lipinski definition) is 4. The molecule has 1 saturated carbocycles. The fourth-order valence-electron chi connectivity index (χ4n) is 2.01. The number of pyridine rings is 1. The molecule has 0 atom stereocenters. The number of thiophene rings is 1. The molecule has 1 aliphatic rings. The maximum absolute atomic E-state index is 5.99. The zero-order valence-electron chi connectivity index (χ0n) is 9.84. The van der Waals surface area contributed by atoms with Crippen LogP contribution in [0.5, 0.6) is 0 Å². The lowest BCUT2D eigenvalue weighted by atomic mass is 10.3. The highest BCUT2D eigenvalue weighted by atomic mass is 35.5. The summed E-state index contributed by atoms with van der Waals surface area (Å²) >= 11 is 7.70. The summed E-state index contributed by atoms with van der Waals surface area (Å²) in [6.07, 6.45) is 2.44. The van der Waals surface area contributed by atoms with E-state index >= 15 is 0 Å². The highest BCUT2D eigenvalue weighted by Gasteiger charge is 2.30. The van der Waals surface area contributed by atoms with Gasteiger partial charge >= 0.3 is 0 Å². The van der Waals surface area contributed by atoms with E-state index in [2.05, 4.69) is 26.7 Å². The average molecular weight is 280 g/mol. The van der Waals surface area contributed by atoms with Crippen LogP contribution < -0.4 is 10.6 Å². The lowest BCUT2D eigenvalue weighted by Crippen LogP contribution is -2.25. The number of aromatic nitrogens is 1. The molecular weight excluding hydrogens is 266 g/mol. The van der Waals surface area contributed by atoms with Gasteiger partial charge in [0.2, 0.25) is 0 Å². The predicted molar refractivity (Wildman–Crippen MR) is 77.2 cm³/mol. The fourth-order valence-corrected chi connectivity index (χ4v) is 2.88. The minimum atomic E-state index is 0.459. The highest BCUT2D eigenvalue weighted by molar-refractivity contribution is 7.07. The third-order valence-corrected chi connectivity index (χ3v) is 3.94. The minimum absolute atomic E-state index is 0.459. The van der Waals surface area contributed by atoms with Crippen molar-refractivity contribution in [2.24, 2.45) is 0 Å². The van der Waals surface area contributed by atoms with Crippen LogP contribution in [0.2, 0.25) is 5.15 Å². The molecule has 0 aliphatic heterocycles. The van der Waals surface area contributed by atoms with Crippen LogP contribution in [0.3, 0.4) is 0 Å². The normalized spacial score (nSPS) is 14.7. The molecule has 5 heteroatoms. The first-order valence-corrected chi connectivity index (χ1v) is 7.25. The van der Waals surface area contributed by atoms with Crippen molar-refractivity contribution >= 4 is 34.4 Å². The minimum Gasteiger partial charge on any atom is -0.399 e. The molecule has 1 fully saturated rings. The summed E-state index contributed by atoms with van der Waals surface area (Å²) in [5.74, 6) is 0.883. The molecule has 0 bridgehead atoms. The number of nitrogens with zero attached hydrogens (tertiary/aromatic N) is 2. The first-order valence-electron chi connectivity index (χ1n) is 5.93. The Balaban J connectivity index is 1.89. The van der Waals surface area contributed by atoms with E-state index in [9.17, 15) is 0 Å². The van der Waals surface area contributed by atoms with Crippen molar-refractivity contribution < 1.29 is 0 Å². The molecule has 1 aliphatic carbocycles. The van der Waals surface area contributed by atoms with E-state index in [1.807, 2.05) is 6.07 Å². The van der Waals surface area contributed by atoms with Crippen molar-refractivity contribution in [2.45, 2.75) is 25.4 Å². The standard InChI is InChI=1S/C13H14ClN3S/c14-12-5-10(15)6-13(16-12)17(11-1-2-11)7-9-3-4-18-8-9/h3-6,8,11H,1-2,7H2,(H2,15,16). The van der Waals surface area contributed by atoms with Crippen LogP contribution >= 0.6 is 22.9 Å². The third-order valence-electron chi connectivity index (χ3n) is 3.02. The molecular formula is C13H14ClN3S. The van der Waals surface area contributed by atoms with Crippen LogP contribution in [0.25, 0.3) is 0 Å². The highest BCUT2D eigenvalue weighted by Crippen LogP contribution is 2.33. The summed E-state index contributed by atoms with van der Waals surface area (Å²) in [6, 6.07) is 6.31. The van der Waals surface area contributed by atoms with Crippen molar-refractivity contribution in [3.63, 3.8) is 0 Å². The second kappa shape index (κ2) is 4.78. The van der Waals surface area contributed by atoms with E-state index < -0.39 is 0 Å². The number of anilines is 2. The van der Waals surface area contributed by atoms with Crippen LogP contribution in [-0.4, -0.2) is 11.0 Å². The molecule has 0 amide bonds. The molecule has 0 aromatic carbocycles. The summed E-state index contributed by atoms with van der Waals surface area (Å²) in [5, 5.41) is 4.73. The van der Waals surface area contributed by atoms with Crippen molar-refractivity contribution in [1.82, 2.24) is 4.98 Å². The Labute approximate surface area is 115 Å². The Bertz CT molecular complexity index is 517. The van der Waals surface area contributed by atoms with Gasteiger partial charge in [0, 0.05) is 24.3 Å². The van der Waals surface area contributed by atoms with Crippen LogP contribution in [0, 0.1) is 0 Å². The van der Waals surface area contributed by atoms with E-state index in [1.165, 1.54) is 18.4 Å². The smallest absolute Gasteiger partial charge is 0.133 e. The van der Waals surface area contributed by atoms with Gasteiger partial charge in [0.25, 0.3) is 0 Å². The van der Waals surface area contributed by atoms with Gasteiger partial charge in [-0.05, 0) is 41.3 Å². The molecule has 2 heterocycles. The van der Waals surface area contributed by atoms with Gasteiger partial charge in [0.15, 0.2) is 0 Å². The van der Waals surface area contributed by atoms with Crippen LogP contribution in [0.4, 0.5) is 11.5 Å². The Morgan fingerprint density at radius 2 is 2.28 bits per heavy atom. The van der Waals surface area contributed by atoms with E-state index in [0.29, 0.717) is 16.9 Å². The zero-order chi connectivity index (χ0) is 12.5. The monoisotopic (exact) mass is 279 g/mol. The molecule has 2 aromatic heterocycles. The Kier molecular flexibility index (Phi) is 3.14. The van der Waals surface area contributed by atoms with Gasteiger partial charge in [-0.2, -0.15) is 11.3 Å². The zero-order valence-corrected chi connectivity index (χ0v) is 11.4.